The SMILES string of the molecule is Cc1ccc(-c2c(C#N)c(N)nc(SCC(=O)Nc3ccc(C(F)(F)F)cn3)c2C#N)cc1. The van der Waals surface area contributed by atoms with Crippen molar-refractivity contribution in [1.29, 1.82) is 10.5 Å². The van der Waals surface area contributed by atoms with Gasteiger partial charge in [-0.1, -0.05) is 41.6 Å². The summed E-state index contributed by atoms with van der Waals surface area (Å²) in [5.41, 5.74) is 7.06. The molecule has 0 saturated heterocycles. The van der Waals surface area contributed by atoms with Crippen LogP contribution in [0.15, 0.2) is 47.6 Å². The average molecular weight is 468 g/mol. The van der Waals surface area contributed by atoms with Gasteiger partial charge >= 0.3 is 6.18 Å². The molecule has 11 heteroatoms. The number of nitrogens with zero attached hydrogens (tertiary/aromatic N) is 4. The van der Waals surface area contributed by atoms with Crippen molar-refractivity contribution in [2.24, 2.45) is 0 Å². The third-order valence-electron chi connectivity index (χ3n) is 4.45. The van der Waals surface area contributed by atoms with E-state index in [0.717, 1.165) is 29.5 Å². The largest absolute Gasteiger partial charge is 0.417 e. The highest BCUT2D eigenvalue weighted by Crippen LogP contribution is 2.35. The van der Waals surface area contributed by atoms with Gasteiger partial charge in [-0.15, -0.1) is 0 Å². The summed E-state index contributed by atoms with van der Waals surface area (Å²) in [4.78, 5) is 20.0. The lowest BCUT2D eigenvalue weighted by Gasteiger charge is -2.13. The van der Waals surface area contributed by atoms with Gasteiger partial charge in [-0.3, -0.25) is 4.79 Å². The topological polar surface area (TPSA) is 128 Å². The number of halogens is 3. The predicted octanol–water partition coefficient (Wildman–Crippen LogP) is 4.53. The maximum absolute atomic E-state index is 12.6. The van der Waals surface area contributed by atoms with Crippen molar-refractivity contribution in [2.45, 2.75) is 18.1 Å². The summed E-state index contributed by atoms with van der Waals surface area (Å²) in [6.45, 7) is 1.90. The van der Waals surface area contributed by atoms with E-state index in [1.54, 1.807) is 12.1 Å². The number of aromatic nitrogens is 2. The molecule has 0 spiro atoms. The first-order chi connectivity index (χ1) is 15.6. The number of hydrogen-bond donors (Lipinski definition) is 2. The molecule has 2 aromatic heterocycles. The molecule has 3 N–H and O–H groups in total. The molecular formula is C22H15F3N6OS. The van der Waals surface area contributed by atoms with Gasteiger partial charge in [-0.05, 0) is 24.6 Å². The van der Waals surface area contributed by atoms with E-state index < -0.39 is 17.6 Å². The number of nitrogens with two attached hydrogens (primary N) is 1. The van der Waals surface area contributed by atoms with Gasteiger partial charge in [0, 0.05) is 11.8 Å². The number of aryl methyl sites for hydroxylation is 1. The number of alkyl halides is 3. The minimum absolute atomic E-state index is 0.0539. The molecule has 2 heterocycles. The molecule has 1 aromatic carbocycles. The lowest BCUT2D eigenvalue weighted by atomic mass is 9.96. The number of anilines is 2. The molecule has 7 nitrogen and oxygen atoms in total. The van der Waals surface area contributed by atoms with Gasteiger partial charge < -0.3 is 11.1 Å². The third kappa shape index (κ3) is 5.40. The third-order valence-corrected chi connectivity index (χ3v) is 5.43. The van der Waals surface area contributed by atoms with Crippen LogP contribution in [-0.4, -0.2) is 21.6 Å². The Morgan fingerprint density at radius 2 is 1.79 bits per heavy atom. The molecular weight excluding hydrogens is 453 g/mol. The fourth-order valence-electron chi connectivity index (χ4n) is 2.86. The lowest BCUT2D eigenvalue weighted by molar-refractivity contribution is -0.137. The van der Waals surface area contributed by atoms with Crippen LogP contribution in [0.5, 0.6) is 0 Å². The number of nitriles is 2. The van der Waals surface area contributed by atoms with Gasteiger partial charge in [0.15, 0.2) is 0 Å². The molecule has 3 rings (SSSR count). The minimum atomic E-state index is -4.53. The van der Waals surface area contributed by atoms with Crippen LogP contribution >= 0.6 is 11.8 Å². The van der Waals surface area contributed by atoms with Crippen LogP contribution in [0.4, 0.5) is 24.8 Å². The monoisotopic (exact) mass is 468 g/mol. The number of carbonyl (C=O) groups is 1. The second kappa shape index (κ2) is 9.59. The molecule has 0 aliphatic rings. The van der Waals surface area contributed by atoms with E-state index in [1.807, 2.05) is 31.2 Å². The first-order valence-corrected chi connectivity index (χ1v) is 10.3. The molecule has 0 fully saturated rings. The number of thioether (sulfide) groups is 1. The summed E-state index contributed by atoms with van der Waals surface area (Å²) < 4.78 is 37.9. The molecule has 0 aliphatic heterocycles. The Hall–Kier alpha value is -4.09. The number of hydrogen-bond acceptors (Lipinski definition) is 7. The van der Waals surface area contributed by atoms with Crippen molar-refractivity contribution in [2.75, 3.05) is 16.8 Å². The Bertz CT molecular complexity index is 1280. The second-order valence-corrected chi connectivity index (χ2v) is 7.75. The highest BCUT2D eigenvalue weighted by molar-refractivity contribution is 8.00. The normalized spacial score (nSPS) is 10.8. The van der Waals surface area contributed by atoms with Crippen LogP contribution in [-0.2, 0) is 11.0 Å². The van der Waals surface area contributed by atoms with Crippen molar-refractivity contribution in [1.82, 2.24) is 9.97 Å². The molecule has 3 aromatic rings. The van der Waals surface area contributed by atoms with Crippen LogP contribution < -0.4 is 11.1 Å². The van der Waals surface area contributed by atoms with Gasteiger partial charge in [0.2, 0.25) is 5.91 Å². The molecule has 0 unspecified atom stereocenters. The molecule has 0 aliphatic carbocycles. The standard InChI is InChI=1S/C22H15F3N6OS/c1-12-2-4-13(5-3-12)19-15(8-26)20(28)31-21(16(19)9-27)33-11-18(32)30-17-7-6-14(10-29-17)22(23,24)25/h2-7,10H,11H2,1H3,(H2,28,31)(H,29,30,32). The van der Waals surface area contributed by atoms with E-state index in [-0.39, 0.29) is 33.5 Å². The Balaban J connectivity index is 1.84. The van der Waals surface area contributed by atoms with E-state index in [0.29, 0.717) is 17.3 Å². The highest BCUT2D eigenvalue weighted by atomic mass is 32.2. The quantitative estimate of drug-likeness (QED) is 0.527. The van der Waals surface area contributed by atoms with E-state index in [4.69, 9.17) is 5.73 Å². The van der Waals surface area contributed by atoms with Gasteiger partial charge in [-0.2, -0.15) is 23.7 Å². The predicted molar refractivity (Wildman–Crippen MR) is 117 cm³/mol. The maximum atomic E-state index is 12.6. The Kier molecular flexibility index (Phi) is 6.85. The summed E-state index contributed by atoms with van der Waals surface area (Å²) in [7, 11) is 0. The Morgan fingerprint density at radius 1 is 1.12 bits per heavy atom. The Labute approximate surface area is 191 Å². The minimum Gasteiger partial charge on any atom is -0.383 e. The fraction of sp³-hybridized carbons (Fsp3) is 0.136. The van der Waals surface area contributed by atoms with Gasteiger partial charge in [0.1, 0.15) is 34.4 Å². The van der Waals surface area contributed by atoms with Crippen LogP contribution in [0.25, 0.3) is 11.1 Å². The van der Waals surface area contributed by atoms with Crippen molar-refractivity contribution in [3.63, 3.8) is 0 Å². The number of amides is 1. The molecule has 0 atom stereocenters. The van der Waals surface area contributed by atoms with Crippen molar-refractivity contribution < 1.29 is 18.0 Å². The summed E-state index contributed by atoms with van der Waals surface area (Å²) in [5.74, 6) is -0.929. The lowest BCUT2D eigenvalue weighted by Crippen LogP contribution is -2.16. The number of pyridine rings is 2. The fourth-order valence-corrected chi connectivity index (χ4v) is 3.65. The molecule has 1 amide bonds. The second-order valence-electron chi connectivity index (χ2n) is 6.78. The first-order valence-electron chi connectivity index (χ1n) is 9.30. The van der Waals surface area contributed by atoms with Crippen LogP contribution in [0.3, 0.4) is 0 Å². The number of nitrogen functional groups attached to an aromatic ring is 1. The average Bonchev–Trinajstić information content (AvgIpc) is 2.77. The van der Waals surface area contributed by atoms with Crippen LogP contribution in [0.1, 0.15) is 22.3 Å². The van der Waals surface area contributed by atoms with Crippen molar-refractivity contribution in [3.05, 3.63) is 64.8 Å². The molecule has 0 saturated carbocycles. The molecule has 166 valence electrons. The van der Waals surface area contributed by atoms with Crippen molar-refractivity contribution >= 4 is 29.3 Å². The Morgan fingerprint density at radius 3 is 2.33 bits per heavy atom. The highest BCUT2D eigenvalue weighted by Gasteiger charge is 2.30. The van der Waals surface area contributed by atoms with Crippen LogP contribution in [0, 0.1) is 29.6 Å². The smallest absolute Gasteiger partial charge is 0.383 e. The molecule has 0 bridgehead atoms. The number of rotatable bonds is 5. The molecule has 0 radical (unpaired) electrons. The van der Waals surface area contributed by atoms with Gasteiger partial charge in [0.05, 0.1) is 16.9 Å². The zero-order valence-electron chi connectivity index (χ0n) is 17.1. The van der Waals surface area contributed by atoms with Crippen LogP contribution in [0.2, 0.25) is 0 Å². The van der Waals surface area contributed by atoms with E-state index in [9.17, 15) is 28.5 Å². The first kappa shape index (κ1) is 23.6. The zero-order valence-corrected chi connectivity index (χ0v) is 17.9. The van der Waals surface area contributed by atoms with E-state index in [2.05, 4.69) is 15.3 Å². The summed E-state index contributed by atoms with van der Waals surface area (Å²) in [6.07, 6.45) is -3.91. The summed E-state index contributed by atoms with van der Waals surface area (Å²) >= 11 is 0.909. The summed E-state index contributed by atoms with van der Waals surface area (Å²) in [5, 5.41) is 21.9. The molecule has 33 heavy (non-hydrogen) atoms. The van der Waals surface area contributed by atoms with Gasteiger partial charge in [-0.25, -0.2) is 9.97 Å². The van der Waals surface area contributed by atoms with E-state index in [1.165, 1.54) is 0 Å². The van der Waals surface area contributed by atoms with Gasteiger partial charge in [0.25, 0.3) is 0 Å². The van der Waals surface area contributed by atoms with E-state index >= 15 is 0 Å². The van der Waals surface area contributed by atoms with Crippen molar-refractivity contribution in [3.8, 4) is 23.3 Å². The number of nitrogens with one attached hydrogen (secondary N) is 1. The number of carbonyl (C=O) groups excluding carboxylic acids is 1. The maximum Gasteiger partial charge on any atom is 0.417 e. The zero-order chi connectivity index (χ0) is 24.2. The number of benzene rings is 1. The summed E-state index contributed by atoms with van der Waals surface area (Å²) in [6, 6.07) is 13.0.